The molecule has 0 bridgehead atoms. The summed E-state index contributed by atoms with van der Waals surface area (Å²) in [6.45, 7) is 3.43. The van der Waals surface area contributed by atoms with Gasteiger partial charge in [-0.1, -0.05) is 78.3 Å². The molecule has 11 heteroatoms. The lowest BCUT2D eigenvalue weighted by Crippen LogP contribution is -2.55. The maximum Gasteiger partial charge on any atom is 0.328 e. The number of aromatic hydroxyl groups is 1. The normalized spacial score (nSPS) is 13.4. The minimum absolute atomic E-state index is 0.182. The van der Waals surface area contributed by atoms with Crippen molar-refractivity contribution < 1.29 is 19.8 Å². The lowest BCUT2D eigenvalue weighted by Gasteiger charge is -2.29. The third kappa shape index (κ3) is 7.95. The van der Waals surface area contributed by atoms with Crippen molar-refractivity contribution in [3.05, 3.63) is 116 Å². The average Bonchev–Trinajstić information content (AvgIpc) is 3.24. The number of imidazole rings is 1. The van der Waals surface area contributed by atoms with Crippen LogP contribution >= 0.6 is 15.9 Å². The molecule has 2 amide bonds. The zero-order valence-corrected chi connectivity index (χ0v) is 24.9. The van der Waals surface area contributed by atoms with Gasteiger partial charge < -0.3 is 20.8 Å². The van der Waals surface area contributed by atoms with Gasteiger partial charge in [0.15, 0.2) is 0 Å². The molecule has 3 atom stereocenters. The monoisotopic (exact) mass is 635 g/mol. The Hall–Kier alpha value is -4.22. The van der Waals surface area contributed by atoms with Crippen LogP contribution in [0.4, 0.5) is 0 Å². The number of pyridine rings is 1. The van der Waals surface area contributed by atoms with Crippen LogP contribution in [0.2, 0.25) is 0 Å². The maximum absolute atomic E-state index is 13.5. The van der Waals surface area contributed by atoms with Crippen LogP contribution in [-0.2, 0) is 24.2 Å². The summed E-state index contributed by atoms with van der Waals surface area (Å²) in [5.74, 6) is -1.52. The number of hydrogen-bond acceptors (Lipinski definition) is 6. The second kappa shape index (κ2) is 14.1. The van der Waals surface area contributed by atoms with Crippen molar-refractivity contribution in [3.8, 4) is 5.88 Å². The van der Waals surface area contributed by atoms with Crippen LogP contribution in [0, 0.1) is 5.92 Å². The van der Waals surface area contributed by atoms with Gasteiger partial charge in [0.2, 0.25) is 11.8 Å². The molecule has 4 aromatic rings. The highest BCUT2D eigenvalue weighted by atomic mass is 79.9. The quantitative estimate of drug-likeness (QED) is 0.161. The summed E-state index contributed by atoms with van der Waals surface area (Å²) in [5.41, 5.74) is 1.63. The first-order valence-corrected chi connectivity index (χ1v) is 14.4. The molecule has 220 valence electrons. The first-order valence-electron chi connectivity index (χ1n) is 13.6. The van der Waals surface area contributed by atoms with Gasteiger partial charge in [0.25, 0.3) is 5.91 Å². The highest BCUT2D eigenvalue weighted by Gasteiger charge is 2.30. The molecule has 2 aromatic carbocycles. The van der Waals surface area contributed by atoms with Crippen molar-refractivity contribution in [2.24, 2.45) is 5.92 Å². The second-order valence-corrected chi connectivity index (χ2v) is 11.3. The molecule has 0 radical (unpaired) electrons. The predicted molar refractivity (Wildman–Crippen MR) is 162 cm³/mol. The molecule has 0 unspecified atom stereocenters. The lowest BCUT2D eigenvalue weighted by atomic mass is 9.98. The van der Waals surface area contributed by atoms with Crippen molar-refractivity contribution >= 4 is 27.7 Å². The second-order valence-electron chi connectivity index (χ2n) is 10.4. The highest BCUT2D eigenvalue weighted by molar-refractivity contribution is 9.10. The number of nitrogens with one attached hydrogen (secondary N) is 3. The number of aliphatic hydroxyl groups is 1. The van der Waals surface area contributed by atoms with E-state index in [-0.39, 0.29) is 36.9 Å². The minimum Gasteiger partial charge on any atom is -0.493 e. The maximum atomic E-state index is 13.5. The number of carbonyl (C=O) groups excluding carboxylic acids is 2. The summed E-state index contributed by atoms with van der Waals surface area (Å²) in [6.07, 6.45) is 0.789. The molecular weight excluding hydrogens is 602 g/mol. The summed E-state index contributed by atoms with van der Waals surface area (Å²) in [7, 11) is 0. The molecular formula is C31H34BrN5O5. The topological polar surface area (TPSA) is 149 Å². The van der Waals surface area contributed by atoms with E-state index in [0.29, 0.717) is 5.69 Å². The van der Waals surface area contributed by atoms with Crippen LogP contribution in [-0.4, -0.2) is 54.8 Å². The first-order chi connectivity index (χ1) is 20.1. The third-order valence-electron chi connectivity index (χ3n) is 6.95. The summed E-state index contributed by atoms with van der Waals surface area (Å²) in [6, 6.07) is 20.0. The number of carbonyl (C=O) groups is 2. The van der Waals surface area contributed by atoms with Crippen LogP contribution in [0.5, 0.6) is 5.88 Å². The number of aromatic amines is 1. The van der Waals surface area contributed by atoms with Gasteiger partial charge in [0.1, 0.15) is 11.7 Å². The van der Waals surface area contributed by atoms with E-state index in [0.717, 1.165) is 15.6 Å². The van der Waals surface area contributed by atoms with E-state index in [4.69, 9.17) is 0 Å². The number of amides is 2. The molecule has 0 aliphatic heterocycles. The molecule has 0 aliphatic rings. The molecule has 42 heavy (non-hydrogen) atoms. The number of benzene rings is 2. The van der Waals surface area contributed by atoms with Crippen molar-refractivity contribution in [2.45, 2.75) is 51.4 Å². The van der Waals surface area contributed by atoms with Crippen molar-refractivity contribution in [2.75, 3.05) is 0 Å². The van der Waals surface area contributed by atoms with Crippen LogP contribution in [0.1, 0.15) is 41.2 Å². The molecule has 2 heterocycles. The fourth-order valence-corrected chi connectivity index (χ4v) is 4.91. The van der Waals surface area contributed by atoms with E-state index in [2.05, 4.69) is 36.5 Å². The van der Waals surface area contributed by atoms with Gasteiger partial charge in [-0.2, -0.15) is 0 Å². The van der Waals surface area contributed by atoms with Crippen LogP contribution < -0.4 is 16.3 Å². The molecule has 10 nitrogen and oxygen atoms in total. The summed E-state index contributed by atoms with van der Waals surface area (Å²) < 4.78 is 2.18. The van der Waals surface area contributed by atoms with E-state index < -0.39 is 35.7 Å². The zero-order chi connectivity index (χ0) is 30.2. The largest absolute Gasteiger partial charge is 0.493 e. The summed E-state index contributed by atoms with van der Waals surface area (Å²) >= 11 is 3.40. The molecule has 0 aliphatic carbocycles. The van der Waals surface area contributed by atoms with E-state index >= 15 is 0 Å². The standard InChI is InChI=1S/C31H34BrN5O5/c1-19(2)27(35-28(39)23-10-6-7-15-33-23)30(41)34-24(16-20-8-4-3-5-9-20)26(38)18-37-25(29(40)36-31(37)42)17-21-11-13-22(32)14-12-21/h3-15,19,24,26-27,38,40H,16-18H2,1-2H3,(H,34,41)(H,35,39)(H,36,42)/t24-,26-,27-/m0/s1. The number of aliphatic hydroxyl groups excluding tert-OH is 1. The number of rotatable bonds is 12. The molecule has 4 rings (SSSR count). The van der Waals surface area contributed by atoms with Gasteiger partial charge >= 0.3 is 5.69 Å². The van der Waals surface area contributed by atoms with Crippen LogP contribution in [0.25, 0.3) is 0 Å². The predicted octanol–water partition coefficient (Wildman–Crippen LogP) is 3.17. The summed E-state index contributed by atoms with van der Waals surface area (Å²) in [4.78, 5) is 45.6. The van der Waals surface area contributed by atoms with Gasteiger partial charge in [-0.3, -0.25) is 24.1 Å². The first kappa shape index (κ1) is 30.7. The Labute approximate surface area is 252 Å². The fraction of sp³-hybridized carbons (Fsp3) is 0.290. The zero-order valence-electron chi connectivity index (χ0n) is 23.3. The van der Waals surface area contributed by atoms with Gasteiger partial charge in [0, 0.05) is 17.1 Å². The van der Waals surface area contributed by atoms with Gasteiger partial charge in [-0.05, 0) is 47.7 Å². The molecule has 0 fully saturated rings. The average molecular weight is 637 g/mol. The smallest absolute Gasteiger partial charge is 0.328 e. The Kier molecular flexibility index (Phi) is 10.3. The number of hydrogen-bond donors (Lipinski definition) is 5. The number of nitrogens with zero attached hydrogens (tertiary/aromatic N) is 2. The van der Waals surface area contributed by atoms with E-state index in [1.54, 1.807) is 18.2 Å². The molecule has 0 spiro atoms. The number of aromatic nitrogens is 3. The summed E-state index contributed by atoms with van der Waals surface area (Å²) in [5, 5.41) is 27.6. The number of H-pyrrole nitrogens is 1. The molecule has 2 aromatic heterocycles. The van der Waals surface area contributed by atoms with Crippen molar-refractivity contribution in [1.82, 2.24) is 25.2 Å². The Morgan fingerprint density at radius 2 is 1.67 bits per heavy atom. The minimum atomic E-state index is -1.22. The van der Waals surface area contributed by atoms with Crippen LogP contribution in [0.3, 0.4) is 0 Å². The number of halogens is 1. The Morgan fingerprint density at radius 1 is 0.976 bits per heavy atom. The van der Waals surface area contributed by atoms with Gasteiger partial charge in [-0.15, -0.1) is 0 Å². The molecule has 0 saturated carbocycles. The van der Waals surface area contributed by atoms with Crippen LogP contribution in [0.15, 0.2) is 88.3 Å². The van der Waals surface area contributed by atoms with Gasteiger partial charge in [0.05, 0.1) is 24.4 Å². The van der Waals surface area contributed by atoms with Gasteiger partial charge in [-0.25, -0.2) is 4.79 Å². The van der Waals surface area contributed by atoms with Crippen molar-refractivity contribution in [1.29, 1.82) is 0 Å². The third-order valence-corrected chi connectivity index (χ3v) is 7.48. The van der Waals surface area contributed by atoms with Crippen molar-refractivity contribution in [3.63, 3.8) is 0 Å². The van der Waals surface area contributed by atoms with E-state index in [9.17, 15) is 24.6 Å². The lowest BCUT2D eigenvalue weighted by molar-refractivity contribution is -0.125. The Balaban J connectivity index is 1.57. The highest BCUT2D eigenvalue weighted by Crippen LogP contribution is 2.20. The molecule has 0 saturated heterocycles. The Morgan fingerprint density at radius 3 is 2.31 bits per heavy atom. The Bertz CT molecular complexity index is 1540. The molecule has 5 N–H and O–H groups in total. The van der Waals surface area contributed by atoms with E-state index in [1.807, 2.05) is 68.4 Å². The fourth-order valence-electron chi connectivity index (χ4n) is 4.64. The SMILES string of the molecule is CC(C)[C@H](NC(=O)c1ccccn1)C(=O)N[C@@H](Cc1ccccc1)[C@@H](O)Cn1c(Cc2ccc(Br)cc2)c(O)[nH]c1=O. The van der Waals surface area contributed by atoms with E-state index in [1.165, 1.54) is 10.8 Å².